The van der Waals surface area contributed by atoms with Crippen LogP contribution in [0.2, 0.25) is 0 Å². The molecule has 100 valence electrons. The van der Waals surface area contributed by atoms with Gasteiger partial charge in [0.05, 0.1) is 17.3 Å². The lowest BCUT2D eigenvalue weighted by Crippen LogP contribution is -2.16. The fraction of sp³-hybridized carbons (Fsp3) is 0.462. The zero-order chi connectivity index (χ0) is 13.6. The van der Waals surface area contributed by atoms with E-state index in [4.69, 9.17) is 4.74 Å². The molecule has 1 atom stereocenters. The van der Waals surface area contributed by atoms with Gasteiger partial charge in [0, 0.05) is 6.92 Å². The highest BCUT2D eigenvalue weighted by Crippen LogP contribution is 2.15. The predicted molar refractivity (Wildman–Crippen MR) is 68.9 cm³/mol. The third-order valence-corrected chi connectivity index (χ3v) is 4.52. The van der Waals surface area contributed by atoms with Gasteiger partial charge in [-0.15, -0.1) is 0 Å². The quantitative estimate of drug-likeness (QED) is 0.742. The lowest BCUT2D eigenvalue weighted by molar-refractivity contribution is -0.141. The average Bonchev–Trinajstić information content (AvgIpc) is 2.29. The average molecular weight is 270 g/mol. The Morgan fingerprint density at radius 1 is 1.28 bits per heavy atom. The van der Waals surface area contributed by atoms with Crippen LogP contribution in [0.4, 0.5) is 0 Å². The summed E-state index contributed by atoms with van der Waals surface area (Å²) in [6.45, 7) is 3.44. The molecular weight excluding hydrogens is 252 g/mol. The van der Waals surface area contributed by atoms with Gasteiger partial charge in [0.1, 0.15) is 0 Å². The molecule has 1 aromatic carbocycles. The largest absolute Gasteiger partial charge is 0.466 e. The molecule has 0 amide bonds. The van der Waals surface area contributed by atoms with Gasteiger partial charge >= 0.3 is 5.97 Å². The van der Waals surface area contributed by atoms with E-state index >= 15 is 0 Å². The van der Waals surface area contributed by atoms with Gasteiger partial charge < -0.3 is 4.74 Å². The van der Waals surface area contributed by atoms with Crippen molar-refractivity contribution in [1.82, 2.24) is 0 Å². The van der Waals surface area contributed by atoms with Crippen LogP contribution in [0.25, 0.3) is 0 Å². The van der Waals surface area contributed by atoms with Crippen LogP contribution in [-0.4, -0.2) is 26.7 Å². The number of carbonyl (C=O) groups excluding carboxylic acids is 1. The molecule has 5 heteroatoms. The number of hydrogen-bond donors (Lipinski definition) is 0. The molecule has 0 fully saturated rings. The number of sulfone groups is 1. The van der Waals surface area contributed by atoms with Gasteiger partial charge in [-0.05, 0) is 24.5 Å². The number of hydrogen-bond acceptors (Lipinski definition) is 4. The molecule has 0 aliphatic rings. The van der Waals surface area contributed by atoms with E-state index in [1.165, 1.54) is 6.92 Å². The molecule has 0 aliphatic heterocycles. The van der Waals surface area contributed by atoms with E-state index in [2.05, 4.69) is 0 Å². The van der Waals surface area contributed by atoms with E-state index < -0.39 is 9.84 Å². The highest BCUT2D eigenvalue weighted by atomic mass is 32.2. The van der Waals surface area contributed by atoms with Crippen molar-refractivity contribution in [3.63, 3.8) is 0 Å². The number of carbonyl (C=O) groups is 1. The van der Waals surface area contributed by atoms with Crippen LogP contribution in [0.1, 0.15) is 20.3 Å². The fourth-order valence-corrected chi connectivity index (χ4v) is 3.27. The van der Waals surface area contributed by atoms with Crippen LogP contribution >= 0.6 is 0 Å². The fourth-order valence-electron chi connectivity index (χ4n) is 1.59. The molecule has 0 radical (unpaired) electrons. The summed E-state index contributed by atoms with van der Waals surface area (Å²) in [5.41, 5.74) is 0. The molecule has 1 rings (SSSR count). The van der Waals surface area contributed by atoms with Crippen molar-refractivity contribution in [1.29, 1.82) is 0 Å². The lowest BCUT2D eigenvalue weighted by atomic mass is 10.1. The normalized spacial score (nSPS) is 13.0. The standard InChI is InChI=1S/C13H18O4S/c1-11(8-9-17-12(2)14)10-18(15,16)13-6-4-3-5-7-13/h3-7,11H,8-10H2,1-2H3. The second kappa shape index (κ2) is 6.54. The first-order valence-electron chi connectivity index (χ1n) is 5.83. The number of benzene rings is 1. The van der Waals surface area contributed by atoms with Gasteiger partial charge in [-0.3, -0.25) is 4.79 Å². The number of esters is 1. The molecule has 4 nitrogen and oxygen atoms in total. The van der Waals surface area contributed by atoms with Gasteiger partial charge in [0.15, 0.2) is 9.84 Å². The maximum atomic E-state index is 12.0. The summed E-state index contributed by atoms with van der Waals surface area (Å²) in [5, 5.41) is 0. The van der Waals surface area contributed by atoms with E-state index in [9.17, 15) is 13.2 Å². The van der Waals surface area contributed by atoms with E-state index in [-0.39, 0.29) is 24.2 Å². The van der Waals surface area contributed by atoms with Gasteiger partial charge in [-0.1, -0.05) is 25.1 Å². The van der Waals surface area contributed by atoms with Crippen molar-refractivity contribution >= 4 is 15.8 Å². The monoisotopic (exact) mass is 270 g/mol. The SMILES string of the molecule is CC(=O)OCCC(C)CS(=O)(=O)c1ccccc1. The summed E-state index contributed by atoms with van der Waals surface area (Å²) in [7, 11) is -3.25. The second-order valence-electron chi connectivity index (χ2n) is 4.33. The van der Waals surface area contributed by atoms with E-state index in [0.29, 0.717) is 11.3 Å². The molecule has 0 heterocycles. The Kier molecular flexibility index (Phi) is 5.34. The van der Waals surface area contributed by atoms with Crippen molar-refractivity contribution in [3.05, 3.63) is 30.3 Å². The van der Waals surface area contributed by atoms with Crippen molar-refractivity contribution < 1.29 is 17.9 Å². The van der Waals surface area contributed by atoms with Crippen LogP contribution in [-0.2, 0) is 19.4 Å². The Balaban J connectivity index is 2.53. The van der Waals surface area contributed by atoms with Crippen molar-refractivity contribution in [2.75, 3.05) is 12.4 Å². The number of rotatable bonds is 6. The third kappa shape index (κ3) is 4.87. The van der Waals surface area contributed by atoms with E-state index in [1.807, 2.05) is 6.92 Å². The Hall–Kier alpha value is -1.36. The van der Waals surface area contributed by atoms with Crippen LogP contribution in [0.5, 0.6) is 0 Å². The molecule has 0 saturated carbocycles. The molecule has 0 bridgehead atoms. The zero-order valence-electron chi connectivity index (χ0n) is 10.6. The maximum absolute atomic E-state index is 12.0. The van der Waals surface area contributed by atoms with Gasteiger partial charge in [0.2, 0.25) is 0 Å². The molecular formula is C13H18O4S. The van der Waals surface area contributed by atoms with Crippen molar-refractivity contribution in [2.24, 2.45) is 5.92 Å². The van der Waals surface area contributed by atoms with E-state index in [0.717, 1.165) is 0 Å². The predicted octanol–water partition coefficient (Wildman–Crippen LogP) is 2.05. The molecule has 0 spiro atoms. The van der Waals surface area contributed by atoms with E-state index in [1.54, 1.807) is 30.3 Å². The molecule has 0 aliphatic carbocycles. The Labute approximate surface area is 108 Å². The van der Waals surface area contributed by atoms with Crippen LogP contribution in [0.15, 0.2) is 35.2 Å². The highest BCUT2D eigenvalue weighted by molar-refractivity contribution is 7.91. The molecule has 0 N–H and O–H groups in total. The van der Waals surface area contributed by atoms with Gasteiger partial charge in [0.25, 0.3) is 0 Å². The molecule has 1 unspecified atom stereocenters. The summed E-state index contributed by atoms with van der Waals surface area (Å²) < 4.78 is 28.9. The van der Waals surface area contributed by atoms with Crippen LogP contribution < -0.4 is 0 Å². The van der Waals surface area contributed by atoms with Gasteiger partial charge in [-0.25, -0.2) is 8.42 Å². The highest BCUT2D eigenvalue weighted by Gasteiger charge is 2.18. The molecule has 0 saturated heterocycles. The van der Waals surface area contributed by atoms with Crippen molar-refractivity contribution in [3.8, 4) is 0 Å². The Morgan fingerprint density at radius 2 is 1.89 bits per heavy atom. The van der Waals surface area contributed by atoms with Crippen LogP contribution in [0.3, 0.4) is 0 Å². The maximum Gasteiger partial charge on any atom is 0.302 e. The van der Waals surface area contributed by atoms with Gasteiger partial charge in [-0.2, -0.15) is 0 Å². The summed E-state index contributed by atoms with van der Waals surface area (Å²) >= 11 is 0. The summed E-state index contributed by atoms with van der Waals surface area (Å²) in [4.78, 5) is 10.9. The second-order valence-corrected chi connectivity index (χ2v) is 6.36. The van der Waals surface area contributed by atoms with Crippen molar-refractivity contribution in [2.45, 2.75) is 25.2 Å². The molecule has 0 aromatic heterocycles. The third-order valence-electron chi connectivity index (χ3n) is 2.52. The summed E-state index contributed by atoms with van der Waals surface area (Å²) in [5.74, 6) is -0.319. The topological polar surface area (TPSA) is 60.4 Å². The molecule has 1 aromatic rings. The van der Waals surface area contributed by atoms with Crippen LogP contribution in [0, 0.1) is 5.92 Å². The minimum atomic E-state index is -3.25. The minimum absolute atomic E-state index is 0.0467. The first-order valence-corrected chi connectivity index (χ1v) is 7.48. The zero-order valence-corrected chi connectivity index (χ0v) is 11.4. The summed E-state index contributed by atoms with van der Waals surface area (Å²) in [6, 6.07) is 8.37. The lowest BCUT2D eigenvalue weighted by Gasteiger charge is -2.11. The molecule has 18 heavy (non-hydrogen) atoms. The number of ether oxygens (including phenoxy) is 1. The Morgan fingerprint density at radius 3 is 2.44 bits per heavy atom. The summed E-state index contributed by atoms with van der Waals surface area (Å²) in [6.07, 6.45) is 0.547. The minimum Gasteiger partial charge on any atom is -0.466 e. The smallest absolute Gasteiger partial charge is 0.302 e. The first kappa shape index (κ1) is 14.7. The first-order chi connectivity index (χ1) is 8.42. The Bertz CT molecular complexity index is 479.